The van der Waals surface area contributed by atoms with E-state index in [-0.39, 0.29) is 10.7 Å². The maximum absolute atomic E-state index is 12.2. The molecular formula is C15H21NO3S. The van der Waals surface area contributed by atoms with E-state index < -0.39 is 10.0 Å². The second kappa shape index (κ2) is 6.50. The van der Waals surface area contributed by atoms with Gasteiger partial charge in [-0.1, -0.05) is 31.4 Å². The van der Waals surface area contributed by atoms with Crippen LogP contribution in [0.2, 0.25) is 0 Å². The van der Waals surface area contributed by atoms with Crippen molar-refractivity contribution < 1.29 is 13.2 Å². The van der Waals surface area contributed by atoms with Crippen LogP contribution >= 0.6 is 0 Å². The minimum Gasteiger partial charge on any atom is -0.295 e. The molecule has 2 rings (SSSR count). The average Bonchev–Trinajstić information content (AvgIpc) is 2.46. The number of Topliss-reactive ketones (excluding diaryl/α,β-unsaturated/α-hetero) is 1. The van der Waals surface area contributed by atoms with Crippen LogP contribution in [-0.2, 0) is 10.0 Å². The van der Waals surface area contributed by atoms with Crippen LogP contribution in [0.5, 0.6) is 0 Å². The van der Waals surface area contributed by atoms with Gasteiger partial charge in [0.1, 0.15) is 0 Å². The quantitative estimate of drug-likeness (QED) is 0.850. The molecule has 1 aliphatic carbocycles. The van der Waals surface area contributed by atoms with E-state index >= 15 is 0 Å². The van der Waals surface area contributed by atoms with E-state index in [1.54, 1.807) is 12.1 Å². The zero-order chi connectivity index (χ0) is 14.6. The summed E-state index contributed by atoms with van der Waals surface area (Å²) in [6, 6.07) is 6.08. The SMILES string of the molecule is CC(=O)c1ccc(S(=O)(=O)NCC2CCCCC2)cc1. The van der Waals surface area contributed by atoms with Gasteiger partial charge in [0.15, 0.2) is 5.78 Å². The first-order valence-electron chi connectivity index (χ1n) is 7.10. The number of rotatable bonds is 5. The van der Waals surface area contributed by atoms with E-state index in [2.05, 4.69) is 4.72 Å². The molecule has 4 nitrogen and oxygen atoms in total. The van der Waals surface area contributed by atoms with Crippen molar-refractivity contribution in [3.63, 3.8) is 0 Å². The highest BCUT2D eigenvalue weighted by Gasteiger charge is 2.18. The van der Waals surface area contributed by atoms with E-state index in [0.717, 1.165) is 12.8 Å². The summed E-state index contributed by atoms with van der Waals surface area (Å²) in [4.78, 5) is 11.4. The van der Waals surface area contributed by atoms with Crippen LogP contribution in [0.25, 0.3) is 0 Å². The Kier molecular flexibility index (Phi) is 4.94. The zero-order valence-electron chi connectivity index (χ0n) is 11.8. The second-order valence-electron chi connectivity index (χ2n) is 5.44. The molecule has 0 aromatic heterocycles. The minimum absolute atomic E-state index is 0.0656. The molecule has 0 atom stereocenters. The topological polar surface area (TPSA) is 63.2 Å². The molecule has 0 saturated heterocycles. The molecule has 1 aromatic carbocycles. The molecule has 1 fully saturated rings. The summed E-state index contributed by atoms with van der Waals surface area (Å²) in [5, 5.41) is 0. The van der Waals surface area contributed by atoms with Crippen LogP contribution in [0.4, 0.5) is 0 Å². The first-order chi connectivity index (χ1) is 9.49. The van der Waals surface area contributed by atoms with Gasteiger partial charge in [-0.25, -0.2) is 13.1 Å². The van der Waals surface area contributed by atoms with Crippen molar-refractivity contribution in [2.45, 2.75) is 43.9 Å². The fourth-order valence-electron chi connectivity index (χ4n) is 2.57. The average molecular weight is 295 g/mol. The Morgan fingerprint density at radius 2 is 1.75 bits per heavy atom. The summed E-state index contributed by atoms with van der Waals surface area (Å²) in [7, 11) is -3.46. The summed E-state index contributed by atoms with van der Waals surface area (Å²) in [6.45, 7) is 1.97. The van der Waals surface area contributed by atoms with Crippen LogP contribution in [0, 0.1) is 5.92 Å². The van der Waals surface area contributed by atoms with Crippen molar-refractivity contribution in [3.8, 4) is 0 Å². The number of hydrogen-bond acceptors (Lipinski definition) is 3. The van der Waals surface area contributed by atoms with E-state index in [4.69, 9.17) is 0 Å². The fraction of sp³-hybridized carbons (Fsp3) is 0.533. The van der Waals surface area contributed by atoms with Gasteiger partial charge in [-0.3, -0.25) is 4.79 Å². The Labute approximate surface area is 120 Å². The maximum Gasteiger partial charge on any atom is 0.240 e. The van der Waals surface area contributed by atoms with Crippen molar-refractivity contribution in [1.29, 1.82) is 0 Å². The highest BCUT2D eigenvalue weighted by atomic mass is 32.2. The number of sulfonamides is 1. The third kappa shape index (κ3) is 3.90. The monoisotopic (exact) mass is 295 g/mol. The van der Waals surface area contributed by atoms with E-state index in [0.29, 0.717) is 18.0 Å². The number of benzene rings is 1. The van der Waals surface area contributed by atoms with Crippen LogP contribution < -0.4 is 4.72 Å². The van der Waals surface area contributed by atoms with E-state index in [1.165, 1.54) is 38.3 Å². The Hall–Kier alpha value is -1.20. The molecule has 0 spiro atoms. The standard InChI is InChI=1S/C15H21NO3S/c1-12(17)14-7-9-15(10-8-14)20(18,19)16-11-13-5-3-2-4-6-13/h7-10,13,16H,2-6,11H2,1H3. The van der Waals surface area contributed by atoms with Gasteiger partial charge in [-0.2, -0.15) is 0 Å². The minimum atomic E-state index is -3.46. The fourth-order valence-corrected chi connectivity index (χ4v) is 3.69. The number of hydrogen-bond donors (Lipinski definition) is 1. The lowest BCUT2D eigenvalue weighted by molar-refractivity contribution is 0.101. The largest absolute Gasteiger partial charge is 0.295 e. The molecule has 0 amide bonds. The summed E-state index contributed by atoms with van der Waals surface area (Å²) in [6.07, 6.45) is 5.85. The molecule has 1 saturated carbocycles. The number of carbonyl (C=O) groups excluding carboxylic acids is 1. The predicted octanol–water partition coefficient (Wildman–Crippen LogP) is 2.75. The highest BCUT2D eigenvalue weighted by molar-refractivity contribution is 7.89. The molecule has 0 radical (unpaired) electrons. The van der Waals surface area contributed by atoms with Gasteiger partial charge in [0.2, 0.25) is 10.0 Å². The van der Waals surface area contributed by atoms with Crippen molar-refractivity contribution in [2.75, 3.05) is 6.54 Å². The maximum atomic E-state index is 12.2. The highest BCUT2D eigenvalue weighted by Crippen LogP contribution is 2.23. The van der Waals surface area contributed by atoms with Crippen molar-refractivity contribution >= 4 is 15.8 Å². The van der Waals surface area contributed by atoms with Gasteiger partial charge in [0, 0.05) is 12.1 Å². The van der Waals surface area contributed by atoms with Gasteiger partial charge in [-0.15, -0.1) is 0 Å². The Morgan fingerprint density at radius 1 is 1.15 bits per heavy atom. The number of carbonyl (C=O) groups is 1. The molecule has 0 aliphatic heterocycles. The van der Waals surface area contributed by atoms with Gasteiger partial charge in [-0.05, 0) is 37.8 Å². The molecule has 0 bridgehead atoms. The molecule has 0 heterocycles. The third-order valence-corrected chi connectivity index (χ3v) is 5.30. The first-order valence-corrected chi connectivity index (χ1v) is 8.58. The van der Waals surface area contributed by atoms with Crippen LogP contribution in [0.1, 0.15) is 49.4 Å². The molecule has 1 N–H and O–H groups in total. The third-order valence-electron chi connectivity index (χ3n) is 3.86. The summed E-state index contributed by atoms with van der Waals surface area (Å²) >= 11 is 0. The van der Waals surface area contributed by atoms with Crippen LogP contribution in [-0.4, -0.2) is 20.7 Å². The van der Waals surface area contributed by atoms with Crippen molar-refractivity contribution in [1.82, 2.24) is 4.72 Å². The van der Waals surface area contributed by atoms with Crippen LogP contribution in [0.3, 0.4) is 0 Å². The lowest BCUT2D eigenvalue weighted by Gasteiger charge is -2.21. The Morgan fingerprint density at radius 3 is 2.30 bits per heavy atom. The summed E-state index contributed by atoms with van der Waals surface area (Å²) in [5.41, 5.74) is 0.524. The molecule has 1 aliphatic rings. The zero-order valence-corrected chi connectivity index (χ0v) is 12.6. The molecule has 20 heavy (non-hydrogen) atoms. The lowest BCUT2D eigenvalue weighted by Crippen LogP contribution is -2.30. The number of ketones is 1. The normalized spacial score (nSPS) is 17.1. The molecule has 110 valence electrons. The predicted molar refractivity (Wildman–Crippen MR) is 78.2 cm³/mol. The summed E-state index contributed by atoms with van der Waals surface area (Å²) in [5.74, 6) is 0.388. The van der Waals surface area contributed by atoms with Crippen LogP contribution in [0.15, 0.2) is 29.2 Å². The smallest absolute Gasteiger partial charge is 0.240 e. The first kappa shape index (κ1) is 15.2. The van der Waals surface area contributed by atoms with Gasteiger partial charge < -0.3 is 0 Å². The summed E-state index contributed by atoms with van der Waals surface area (Å²) < 4.78 is 27.0. The molecule has 1 aromatic rings. The van der Waals surface area contributed by atoms with Gasteiger partial charge >= 0.3 is 0 Å². The van der Waals surface area contributed by atoms with E-state index in [9.17, 15) is 13.2 Å². The Bertz CT molecular complexity index is 557. The second-order valence-corrected chi connectivity index (χ2v) is 7.20. The molecular weight excluding hydrogens is 274 g/mol. The van der Waals surface area contributed by atoms with Gasteiger partial charge in [0.25, 0.3) is 0 Å². The van der Waals surface area contributed by atoms with Crippen molar-refractivity contribution in [3.05, 3.63) is 29.8 Å². The lowest BCUT2D eigenvalue weighted by atomic mass is 9.90. The number of nitrogens with one attached hydrogen (secondary N) is 1. The van der Waals surface area contributed by atoms with E-state index in [1.807, 2.05) is 0 Å². The molecule has 0 unspecified atom stereocenters. The van der Waals surface area contributed by atoms with Gasteiger partial charge in [0.05, 0.1) is 4.90 Å². The molecule has 5 heteroatoms. The Balaban J connectivity index is 2.00. The van der Waals surface area contributed by atoms with Crippen molar-refractivity contribution in [2.24, 2.45) is 5.92 Å².